The molecule has 0 bridgehead atoms. The summed E-state index contributed by atoms with van der Waals surface area (Å²) >= 11 is 3.55. The van der Waals surface area contributed by atoms with Gasteiger partial charge in [0.15, 0.2) is 11.5 Å². The normalized spacial score (nSPS) is 16.4. The van der Waals surface area contributed by atoms with Crippen LogP contribution in [0.15, 0.2) is 33.5 Å². The number of fused-ring (bicyclic) bond motifs is 1. The molecule has 0 aliphatic carbocycles. The summed E-state index contributed by atoms with van der Waals surface area (Å²) in [7, 11) is 0. The Morgan fingerprint density at radius 2 is 2.00 bits per heavy atom. The number of nitrogens with zero attached hydrogens (tertiary/aromatic N) is 5. The molecule has 1 fully saturated rings. The van der Waals surface area contributed by atoms with Crippen LogP contribution >= 0.6 is 15.9 Å². The van der Waals surface area contributed by atoms with E-state index in [0.717, 1.165) is 47.1 Å². The molecule has 0 spiro atoms. The summed E-state index contributed by atoms with van der Waals surface area (Å²) < 4.78 is 20.0. The highest BCUT2D eigenvalue weighted by molar-refractivity contribution is 9.10. The van der Waals surface area contributed by atoms with Crippen molar-refractivity contribution in [1.82, 2.24) is 20.1 Å². The van der Waals surface area contributed by atoms with E-state index in [2.05, 4.69) is 40.9 Å². The molecule has 3 heterocycles. The second-order valence-corrected chi connectivity index (χ2v) is 7.88. The Bertz CT molecular complexity index is 931. The van der Waals surface area contributed by atoms with Gasteiger partial charge in [0.1, 0.15) is 12.1 Å². The highest BCUT2D eigenvalue weighted by atomic mass is 79.9. The predicted octanol–water partition coefficient (Wildman–Crippen LogP) is 4.36. The first-order chi connectivity index (χ1) is 12.4. The third-order valence-electron chi connectivity index (χ3n) is 4.70. The van der Waals surface area contributed by atoms with Crippen molar-refractivity contribution in [1.29, 1.82) is 0 Å². The molecule has 26 heavy (non-hydrogen) atoms. The minimum absolute atomic E-state index is 0.0431. The summed E-state index contributed by atoms with van der Waals surface area (Å²) in [6.07, 6.45) is 3.33. The fourth-order valence-electron chi connectivity index (χ4n) is 3.28. The van der Waals surface area contributed by atoms with Crippen molar-refractivity contribution in [3.05, 3.63) is 40.7 Å². The summed E-state index contributed by atoms with van der Waals surface area (Å²) in [6.45, 7) is 4.49. The zero-order chi connectivity index (χ0) is 18.3. The van der Waals surface area contributed by atoms with Crippen LogP contribution in [0, 0.1) is 0 Å². The maximum Gasteiger partial charge on any atom is 0.263 e. The second kappa shape index (κ2) is 6.57. The Hall–Kier alpha value is -2.09. The SMILES string of the molecule is CC(C)(F)c1nc(C2CCN(c3ncnc4c(Br)cccc34)CC2)no1. The summed E-state index contributed by atoms with van der Waals surface area (Å²) in [5.41, 5.74) is -0.702. The molecule has 8 heteroatoms. The van der Waals surface area contributed by atoms with Crippen LogP contribution in [0.1, 0.15) is 44.3 Å². The van der Waals surface area contributed by atoms with E-state index in [0.29, 0.717) is 5.82 Å². The fraction of sp³-hybridized carbons (Fsp3) is 0.444. The van der Waals surface area contributed by atoms with Crippen molar-refractivity contribution >= 4 is 32.7 Å². The molecule has 0 radical (unpaired) electrons. The van der Waals surface area contributed by atoms with E-state index in [-0.39, 0.29) is 11.8 Å². The number of halogens is 2. The molecule has 1 aliphatic heterocycles. The summed E-state index contributed by atoms with van der Waals surface area (Å²) in [4.78, 5) is 15.4. The largest absolute Gasteiger partial charge is 0.356 e. The average Bonchev–Trinajstić information content (AvgIpc) is 3.12. The van der Waals surface area contributed by atoms with E-state index < -0.39 is 5.67 Å². The topological polar surface area (TPSA) is 67.9 Å². The van der Waals surface area contributed by atoms with Crippen molar-refractivity contribution < 1.29 is 8.91 Å². The molecule has 0 amide bonds. The molecule has 2 aromatic heterocycles. The van der Waals surface area contributed by atoms with Gasteiger partial charge in [-0.1, -0.05) is 11.2 Å². The number of para-hydroxylation sites is 1. The number of hydrogen-bond acceptors (Lipinski definition) is 6. The molecular formula is C18H19BrFN5O. The van der Waals surface area contributed by atoms with Crippen molar-refractivity contribution in [2.24, 2.45) is 0 Å². The van der Waals surface area contributed by atoms with E-state index in [9.17, 15) is 4.39 Å². The minimum Gasteiger partial charge on any atom is -0.356 e. The summed E-state index contributed by atoms with van der Waals surface area (Å²) in [5.74, 6) is 1.75. The lowest BCUT2D eigenvalue weighted by molar-refractivity contribution is 0.155. The van der Waals surface area contributed by atoms with E-state index in [1.54, 1.807) is 6.33 Å². The van der Waals surface area contributed by atoms with Crippen LogP contribution in [-0.4, -0.2) is 33.2 Å². The van der Waals surface area contributed by atoms with E-state index in [4.69, 9.17) is 4.52 Å². The second-order valence-electron chi connectivity index (χ2n) is 7.02. The van der Waals surface area contributed by atoms with Crippen LogP contribution in [0.4, 0.5) is 10.2 Å². The fourth-order valence-corrected chi connectivity index (χ4v) is 3.75. The number of piperidine rings is 1. The van der Waals surface area contributed by atoms with Crippen LogP contribution in [0.2, 0.25) is 0 Å². The van der Waals surface area contributed by atoms with Crippen molar-refractivity contribution in [2.75, 3.05) is 18.0 Å². The first-order valence-corrected chi connectivity index (χ1v) is 9.40. The van der Waals surface area contributed by atoms with Gasteiger partial charge in [-0.05, 0) is 54.8 Å². The molecule has 136 valence electrons. The van der Waals surface area contributed by atoms with Gasteiger partial charge in [-0.25, -0.2) is 14.4 Å². The third kappa shape index (κ3) is 3.18. The van der Waals surface area contributed by atoms with E-state index >= 15 is 0 Å². The zero-order valence-electron chi connectivity index (χ0n) is 14.6. The Balaban J connectivity index is 1.52. The summed E-state index contributed by atoms with van der Waals surface area (Å²) in [6, 6.07) is 6.01. The van der Waals surface area contributed by atoms with Gasteiger partial charge in [0.2, 0.25) is 0 Å². The van der Waals surface area contributed by atoms with Crippen LogP contribution in [0.3, 0.4) is 0 Å². The molecule has 1 aliphatic rings. The lowest BCUT2D eigenvalue weighted by Crippen LogP contribution is -2.34. The van der Waals surface area contributed by atoms with Crippen LogP contribution in [-0.2, 0) is 5.67 Å². The van der Waals surface area contributed by atoms with Crippen LogP contribution in [0.5, 0.6) is 0 Å². The number of anilines is 1. The molecule has 4 rings (SSSR count). The lowest BCUT2D eigenvalue weighted by atomic mass is 9.96. The van der Waals surface area contributed by atoms with Crippen LogP contribution in [0.25, 0.3) is 10.9 Å². The number of hydrogen-bond donors (Lipinski definition) is 0. The molecule has 6 nitrogen and oxygen atoms in total. The molecule has 0 saturated carbocycles. The molecule has 3 aromatic rings. The lowest BCUT2D eigenvalue weighted by Gasteiger charge is -2.32. The van der Waals surface area contributed by atoms with Crippen molar-refractivity contribution in [3.63, 3.8) is 0 Å². The molecule has 0 unspecified atom stereocenters. The molecule has 1 aromatic carbocycles. The third-order valence-corrected chi connectivity index (χ3v) is 5.34. The Morgan fingerprint density at radius 1 is 1.23 bits per heavy atom. The standard InChI is InChI=1S/C18H19BrFN5O/c1-18(2,20)17-23-15(24-26-17)11-6-8-25(9-7-11)16-12-4-3-5-13(19)14(12)21-10-22-16/h3-5,10-11H,6-9H2,1-2H3. The number of aromatic nitrogens is 4. The predicted molar refractivity (Wildman–Crippen MR) is 99.9 cm³/mol. The molecule has 1 saturated heterocycles. The van der Waals surface area contributed by atoms with Gasteiger partial charge in [-0.2, -0.15) is 4.98 Å². The van der Waals surface area contributed by atoms with Gasteiger partial charge < -0.3 is 9.42 Å². The maximum absolute atomic E-state index is 13.9. The number of benzene rings is 1. The average molecular weight is 420 g/mol. The first-order valence-electron chi connectivity index (χ1n) is 8.60. The van der Waals surface area contributed by atoms with Gasteiger partial charge in [-0.3, -0.25) is 0 Å². The smallest absolute Gasteiger partial charge is 0.263 e. The van der Waals surface area contributed by atoms with Crippen molar-refractivity contribution in [2.45, 2.75) is 38.3 Å². The Kier molecular flexibility index (Phi) is 4.38. The first kappa shape index (κ1) is 17.3. The monoisotopic (exact) mass is 419 g/mol. The van der Waals surface area contributed by atoms with Gasteiger partial charge >= 0.3 is 0 Å². The number of alkyl halides is 1. The molecule has 0 atom stereocenters. The van der Waals surface area contributed by atoms with Gasteiger partial charge in [-0.15, -0.1) is 0 Å². The molecular weight excluding hydrogens is 401 g/mol. The van der Waals surface area contributed by atoms with Crippen LogP contribution < -0.4 is 4.90 Å². The Morgan fingerprint density at radius 3 is 2.69 bits per heavy atom. The van der Waals surface area contributed by atoms with Gasteiger partial charge in [0, 0.05) is 28.9 Å². The quantitative estimate of drug-likeness (QED) is 0.627. The Labute approximate surface area is 159 Å². The van der Waals surface area contributed by atoms with E-state index in [1.807, 2.05) is 18.2 Å². The molecule has 0 N–H and O–H groups in total. The van der Waals surface area contributed by atoms with Gasteiger partial charge in [0.05, 0.1) is 5.52 Å². The zero-order valence-corrected chi connectivity index (χ0v) is 16.2. The minimum atomic E-state index is -1.61. The highest BCUT2D eigenvalue weighted by Crippen LogP contribution is 2.33. The highest BCUT2D eigenvalue weighted by Gasteiger charge is 2.31. The maximum atomic E-state index is 13.9. The van der Waals surface area contributed by atoms with E-state index in [1.165, 1.54) is 13.8 Å². The summed E-state index contributed by atoms with van der Waals surface area (Å²) in [5, 5.41) is 5.02. The van der Waals surface area contributed by atoms with Gasteiger partial charge in [0.25, 0.3) is 5.89 Å². The number of rotatable bonds is 3. The van der Waals surface area contributed by atoms with Crippen molar-refractivity contribution in [3.8, 4) is 0 Å².